The molecule has 4 nitrogen and oxygen atoms in total. The molecule has 0 saturated carbocycles. The summed E-state index contributed by atoms with van der Waals surface area (Å²) >= 11 is 0. The third kappa shape index (κ3) is 9.69. The van der Waals surface area contributed by atoms with Crippen LogP contribution in [0, 0.1) is 0 Å². The van der Waals surface area contributed by atoms with Crippen LogP contribution in [-0.4, -0.2) is 40.7 Å². The van der Waals surface area contributed by atoms with Crippen molar-refractivity contribution in [1.82, 2.24) is 0 Å². The molecule has 0 fully saturated rings. The fraction of sp³-hybridized carbons (Fsp3) is 0.889. The molecule has 86 valence electrons. The minimum absolute atomic E-state index is 0.282. The Morgan fingerprint density at radius 2 is 1.71 bits per heavy atom. The Kier molecular flexibility index (Phi) is 14.5. The summed E-state index contributed by atoms with van der Waals surface area (Å²) in [6, 6.07) is 0. The van der Waals surface area contributed by atoms with E-state index in [1.807, 2.05) is 13.8 Å². The molecule has 1 N–H and O–H groups in total. The largest absolute Gasteiger partial charge is 0.411 e. The van der Waals surface area contributed by atoms with Crippen molar-refractivity contribution >= 4 is 16.0 Å². The van der Waals surface area contributed by atoms with Crippen LogP contribution in [0.5, 0.6) is 0 Å². The van der Waals surface area contributed by atoms with Crippen molar-refractivity contribution in [1.29, 1.82) is 0 Å². The summed E-state index contributed by atoms with van der Waals surface area (Å²) in [5.74, 6) is 0. The van der Waals surface area contributed by atoms with Gasteiger partial charge in [-0.2, -0.15) is 0 Å². The van der Waals surface area contributed by atoms with Crippen molar-refractivity contribution in [3.63, 3.8) is 0 Å². The Morgan fingerprint density at radius 1 is 1.29 bits per heavy atom. The summed E-state index contributed by atoms with van der Waals surface area (Å²) in [7, 11) is 1.31. The van der Waals surface area contributed by atoms with Crippen LogP contribution in [0.4, 0.5) is 0 Å². The molecule has 0 bridgehead atoms. The molecule has 0 spiro atoms. The van der Waals surface area contributed by atoms with E-state index in [-0.39, 0.29) is 6.29 Å². The monoisotopic (exact) mass is 221 g/mol. The molecular formula is C9H23NO3Si. The predicted molar refractivity (Wildman–Crippen MR) is 62.4 cm³/mol. The summed E-state index contributed by atoms with van der Waals surface area (Å²) < 4.78 is 10.5. The average molecular weight is 221 g/mol. The smallest absolute Gasteiger partial charge is 0.162 e. The van der Waals surface area contributed by atoms with Crippen molar-refractivity contribution in [3.05, 3.63) is 0 Å². The van der Waals surface area contributed by atoms with Gasteiger partial charge in [-0.25, -0.2) is 0 Å². The summed E-state index contributed by atoms with van der Waals surface area (Å²) in [6.07, 6.45) is 0.231. The topological polar surface area (TPSA) is 51.0 Å². The number of rotatable bonds is 6. The first-order chi connectivity index (χ1) is 6.74. The highest BCUT2D eigenvalue weighted by molar-refractivity contribution is 6.05. The SMILES string of the molecule is CCOC(CC(C)=NO)OCC.C[SiH3]. The van der Waals surface area contributed by atoms with Crippen molar-refractivity contribution in [2.75, 3.05) is 13.2 Å². The number of hydrogen-bond donors (Lipinski definition) is 1. The third-order valence-electron chi connectivity index (χ3n) is 1.34. The van der Waals surface area contributed by atoms with Gasteiger partial charge in [-0.05, 0) is 31.0 Å². The zero-order valence-electron chi connectivity index (χ0n) is 9.91. The highest BCUT2D eigenvalue weighted by atomic mass is 28.1. The molecule has 0 aliphatic carbocycles. The maximum Gasteiger partial charge on any atom is 0.162 e. The van der Waals surface area contributed by atoms with Gasteiger partial charge in [-0.3, -0.25) is 0 Å². The average Bonchev–Trinajstić information content (AvgIpc) is 2.21. The van der Waals surface area contributed by atoms with E-state index in [9.17, 15) is 0 Å². The molecule has 0 atom stereocenters. The van der Waals surface area contributed by atoms with Gasteiger partial charge in [0, 0.05) is 19.6 Å². The normalized spacial score (nSPS) is 11.4. The lowest BCUT2D eigenvalue weighted by atomic mass is 10.3. The van der Waals surface area contributed by atoms with Gasteiger partial charge in [0.05, 0.1) is 5.71 Å². The van der Waals surface area contributed by atoms with Gasteiger partial charge in [-0.15, -0.1) is 0 Å². The van der Waals surface area contributed by atoms with Crippen molar-refractivity contribution in [2.24, 2.45) is 5.16 Å². The van der Waals surface area contributed by atoms with E-state index < -0.39 is 0 Å². The number of nitrogens with zero attached hydrogens (tertiary/aromatic N) is 1. The Bertz CT molecular complexity index is 136. The molecule has 0 rings (SSSR count). The highest BCUT2D eigenvalue weighted by Gasteiger charge is 2.09. The first kappa shape index (κ1) is 16.1. The second-order valence-corrected chi connectivity index (χ2v) is 2.38. The lowest BCUT2D eigenvalue weighted by molar-refractivity contribution is -0.130. The van der Waals surface area contributed by atoms with Crippen molar-refractivity contribution in [2.45, 2.75) is 40.0 Å². The maximum atomic E-state index is 8.40. The Labute approximate surface area is 89.7 Å². The van der Waals surface area contributed by atoms with Gasteiger partial charge in [0.2, 0.25) is 0 Å². The minimum Gasteiger partial charge on any atom is -0.411 e. The summed E-state index contributed by atoms with van der Waals surface area (Å²) in [6.45, 7) is 8.87. The zero-order chi connectivity index (χ0) is 11.4. The first-order valence-electron chi connectivity index (χ1n) is 5.15. The van der Waals surface area contributed by atoms with Crippen LogP contribution >= 0.6 is 0 Å². The van der Waals surface area contributed by atoms with E-state index in [4.69, 9.17) is 14.7 Å². The number of ether oxygens (including phenoxy) is 2. The molecule has 14 heavy (non-hydrogen) atoms. The first-order valence-corrected chi connectivity index (χ1v) is 7.15. The maximum absolute atomic E-state index is 8.40. The Morgan fingerprint density at radius 3 is 2.00 bits per heavy atom. The van der Waals surface area contributed by atoms with Crippen molar-refractivity contribution in [3.8, 4) is 0 Å². The summed E-state index contributed by atoms with van der Waals surface area (Å²) in [5.41, 5.74) is 0.613. The second kappa shape index (κ2) is 12.6. The van der Waals surface area contributed by atoms with Gasteiger partial charge < -0.3 is 14.7 Å². The van der Waals surface area contributed by atoms with E-state index in [1.54, 1.807) is 6.92 Å². The van der Waals surface area contributed by atoms with Crippen LogP contribution in [0.3, 0.4) is 0 Å². The molecule has 0 saturated heterocycles. The molecule has 5 heteroatoms. The van der Waals surface area contributed by atoms with Gasteiger partial charge >= 0.3 is 0 Å². The Hall–Kier alpha value is -0.393. The summed E-state index contributed by atoms with van der Waals surface area (Å²) in [5, 5.41) is 11.4. The van der Waals surface area contributed by atoms with E-state index in [1.165, 1.54) is 10.2 Å². The van der Waals surface area contributed by atoms with Gasteiger partial charge in [0.15, 0.2) is 6.29 Å². The van der Waals surface area contributed by atoms with Crippen LogP contribution < -0.4 is 0 Å². The molecule has 0 aromatic carbocycles. The van der Waals surface area contributed by atoms with E-state index in [0.717, 1.165) is 0 Å². The number of oxime groups is 1. The molecule has 0 aliphatic rings. The van der Waals surface area contributed by atoms with E-state index in [0.29, 0.717) is 25.3 Å². The van der Waals surface area contributed by atoms with Crippen LogP contribution in [0.25, 0.3) is 0 Å². The molecule has 0 heterocycles. The molecule has 0 aromatic rings. The molecule has 0 unspecified atom stereocenters. The second-order valence-electron chi connectivity index (χ2n) is 2.38. The predicted octanol–water partition coefficient (Wildman–Crippen LogP) is 1.03. The van der Waals surface area contributed by atoms with Crippen LogP contribution in [0.15, 0.2) is 5.16 Å². The highest BCUT2D eigenvalue weighted by Crippen LogP contribution is 2.02. The number of hydrogen-bond acceptors (Lipinski definition) is 4. The van der Waals surface area contributed by atoms with Gasteiger partial charge in [0.25, 0.3) is 0 Å². The standard InChI is InChI=1S/C8H17NO3.CH6Si/c1-4-11-8(12-5-2)6-7(3)9-10;1-2/h8,10H,4-6H2,1-3H3;1-2H3. The van der Waals surface area contributed by atoms with Crippen LogP contribution in [0.2, 0.25) is 6.55 Å². The van der Waals surface area contributed by atoms with Gasteiger partial charge in [-0.1, -0.05) is 11.7 Å². The molecule has 0 amide bonds. The summed E-state index contributed by atoms with van der Waals surface area (Å²) in [4.78, 5) is 0. The van der Waals surface area contributed by atoms with Crippen molar-refractivity contribution < 1.29 is 14.7 Å². The van der Waals surface area contributed by atoms with E-state index in [2.05, 4.69) is 11.7 Å². The lowest BCUT2D eigenvalue weighted by Crippen LogP contribution is -2.20. The minimum atomic E-state index is -0.282. The Balaban J connectivity index is 0. The van der Waals surface area contributed by atoms with Gasteiger partial charge in [0.1, 0.15) is 0 Å². The fourth-order valence-corrected chi connectivity index (χ4v) is 0.820. The molecular weight excluding hydrogens is 198 g/mol. The third-order valence-corrected chi connectivity index (χ3v) is 1.34. The van der Waals surface area contributed by atoms with Crippen LogP contribution in [-0.2, 0) is 9.47 Å². The molecule has 0 aliphatic heterocycles. The molecule has 0 radical (unpaired) electrons. The van der Waals surface area contributed by atoms with Crippen LogP contribution in [0.1, 0.15) is 27.2 Å². The fourth-order valence-electron chi connectivity index (χ4n) is 0.820. The van der Waals surface area contributed by atoms with E-state index >= 15 is 0 Å². The zero-order valence-corrected chi connectivity index (χ0v) is 11.9. The lowest BCUT2D eigenvalue weighted by Gasteiger charge is -2.15. The quantitative estimate of drug-likeness (QED) is 0.240. The molecule has 0 aromatic heterocycles.